The first-order valence-corrected chi connectivity index (χ1v) is 6.06. The number of anilines is 1. The van der Waals surface area contributed by atoms with Crippen LogP contribution in [-0.2, 0) is 4.79 Å². The average Bonchev–Trinajstić information content (AvgIpc) is 2.40. The molecule has 0 saturated carbocycles. The van der Waals surface area contributed by atoms with Gasteiger partial charge >= 0.3 is 0 Å². The molecule has 98 valence electrons. The first kappa shape index (κ1) is 14.3. The Bertz CT molecular complexity index is 447. The summed E-state index contributed by atoms with van der Waals surface area (Å²) in [5, 5.41) is 0. The second-order valence-electron chi connectivity index (χ2n) is 4.00. The zero-order valence-electron chi connectivity index (χ0n) is 11.2. The van der Waals surface area contributed by atoms with E-state index in [1.54, 1.807) is 25.3 Å². The molecule has 1 aromatic rings. The Labute approximate surface area is 108 Å². The fraction of sp³-hybridized carbons (Fsp3) is 0.429. The molecule has 4 heteroatoms. The fourth-order valence-electron chi connectivity index (χ4n) is 1.80. The first-order valence-electron chi connectivity index (χ1n) is 6.06. The summed E-state index contributed by atoms with van der Waals surface area (Å²) in [6.45, 7) is 6.43. The van der Waals surface area contributed by atoms with Gasteiger partial charge in [-0.25, -0.2) is 4.79 Å². The van der Waals surface area contributed by atoms with Crippen molar-refractivity contribution in [1.29, 1.82) is 0 Å². The zero-order valence-corrected chi connectivity index (χ0v) is 11.2. The maximum absolute atomic E-state index is 11.2. The summed E-state index contributed by atoms with van der Waals surface area (Å²) >= 11 is 0. The molecule has 0 unspecified atom stereocenters. The molecule has 1 aromatic carbocycles. The van der Waals surface area contributed by atoms with Crippen molar-refractivity contribution in [3.05, 3.63) is 23.8 Å². The highest BCUT2D eigenvalue weighted by molar-refractivity contribution is 5.91. The topological polar surface area (TPSA) is 55.6 Å². The van der Waals surface area contributed by atoms with Gasteiger partial charge in [-0.05, 0) is 31.3 Å². The predicted molar refractivity (Wildman–Crippen MR) is 74.3 cm³/mol. The van der Waals surface area contributed by atoms with Crippen molar-refractivity contribution in [3.63, 3.8) is 0 Å². The fourth-order valence-corrected chi connectivity index (χ4v) is 1.80. The Balaban J connectivity index is 3.09. The summed E-state index contributed by atoms with van der Waals surface area (Å²) in [6, 6.07) is 5.27. The van der Waals surface area contributed by atoms with Crippen LogP contribution in [-0.4, -0.2) is 37.6 Å². The minimum Gasteiger partial charge on any atom is -0.496 e. The normalized spacial score (nSPS) is 10.2. The number of nitrogens with two attached hydrogens (primary N) is 1. The van der Waals surface area contributed by atoms with Gasteiger partial charge in [0.15, 0.2) is 0 Å². The van der Waals surface area contributed by atoms with Crippen molar-refractivity contribution in [3.8, 4) is 5.75 Å². The minimum absolute atomic E-state index is 0.552. The molecular weight excluding hydrogens is 228 g/mol. The lowest BCUT2D eigenvalue weighted by molar-refractivity contribution is 0.341. The lowest BCUT2D eigenvalue weighted by atomic mass is 10.0. The summed E-state index contributed by atoms with van der Waals surface area (Å²) < 4.78 is 5.26. The smallest absolute Gasteiger partial charge is 0.130 e. The number of likely N-dealkylation sites (N-methyl/N-ethyl adjacent to an activating group) is 1. The molecular formula is C14H20N2O2. The average molecular weight is 248 g/mol. The maximum atomic E-state index is 11.2. The van der Waals surface area contributed by atoms with Gasteiger partial charge in [0.05, 0.1) is 12.7 Å². The molecule has 0 aliphatic carbocycles. The van der Waals surface area contributed by atoms with Crippen LogP contribution in [0.25, 0.3) is 5.57 Å². The molecule has 0 spiro atoms. The van der Waals surface area contributed by atoms with Crippen molar-refractivity contribution in [1.82, 2.24) is 4.90 Å². The van der Waals surface area contributed by atoms with Crippen LogP contribution in [0.5, 0.6) is 5.75 Å². The Morgan fingerprint density at radius 2 is 2.06 bits per heavy atom. The van der Waals surface area contributed by atoms with Crippen molar-refractivity contribution < 1.29 is 9.53 Å². The predicted octanol–water partition coefficient (Wildman–Crippen LogP) is 1.83. The van der Waals surface area contributed by atoms with Crippen LogP contribution >= 0.6 is 0 Å². The van der Waals surface area contributed by atoms with E-state index in [2.05, 4.69) is 18.7 Å². The summed E-state index contributed by atoms with van der Waals surface area (Å²) in [7, 11) is 1.58. The molecule has 2 N–H and O–H groups in total. The van der Waals surface area contributed by atoms with Crippen LogP contribution in [0.3, 0.4) is 0 Å². The molecule has 0 saturated heterocycles. The Morgan fingerprint density at radius 1 is 1.39 bits per heavy atom. The molecule has 18 heavy (non-hydrogen) atoms. The molecule has 0 amide bonds. The van der Waals surface area contributed by atoms with Crippen molar-refractivity contribution in [2.45, 2.75) is 13.8 Å². The highest BCUT2D eigenvalue weighted by Crippen LogP contribution is 2.27. The Morgan fingerprint density at radius 3 is 2.56 bits per heavy atom. The third-order valence-corrected chi connectivity index (χ3v) is 2.95. The van der Waals surface area contributed by atoms with Gasteiger partial charge in [0.25, 0.3) is 0 Å². The number of nitrogens with zero attached hydrogens (tertiary/aromatic N) is 1. The highest BCUT2D eigenvalue weighted by Gasteiger charge is 2.13. The monoisotopic (exact) mass is 248 g/mol. The SMILES string of the molecule is CCN(CC)CC(=C=O)c1cc(N)ccc1OC. The molecule has 0 fully saturated rings. The summed E-state index contributed by atoms with van der Waals surface area (Å²) in [5.41, 5.74) is 7.66. The standard InChI is InChI=1S/C14H20N2O2/c1-4-16(5-2)9-11(10-17)13-8-12(15)6-7-14(13)18-3/h6-8H,4-5,9,15H2,1-3H3. The second kappa shape index (κ2) is 6.84. The molecule has 0 bridgehead atoms. The van der Waals surface area contributed by atoms with E-state index in [0.717, 1.165) is 18.7 Å². The molecule has 0 heterocycles. The van der Waals surface area contributed by atoms with E-state index in [1.165, 1.54) is 0 Å². The van der Waals surface area contributed by atoms with E-state index in [-0.39, 0.29) is 0 Å². The Hall–Kier alpha value is -1.77. The number of methoxy groups -OCH3 is 1. The van der Waals surface area contributed by atoms with Crippen LogP contribution in [0, 0.1) is 0 Å². The molecule has 4 nitrogen and oxygen atoms in total. The third kappa shape index (κ3) is 3.36. The Kier molecular flexibility index (Phi) is 5.43. The number of nitrogen functional groups attached to an aromatic ring is 1. The van der Waals surface area contributed by atoms with Crippen LogP contribution in [0.2, 0.25) is 0 Å². The van der Waals surface area contributed by atoms with Gasteiger partial charge in [0.1, 0.15) is 11.7 Å². The van der Waals surface area contributed by atoms with E-state index >= 15 is 0 Å². The molecule has 0 radical (unpaired) electrons. The lowest BCUT2D eigenvalue weighted by Crippen LogP contribution is -2.25. The van der Waals surface area contributed by atoms with E-state index < -0.39 is 0 Å². The minimum atomic E-state index is 0.552. The molecule has 0 aromatic heterocycles. The number of hydrogen-bond acceptors (Lipinski definition) is 4. The first-order chi connectivity index (χ1) is 8.65. The van der Waals surface area contributed by atoms with E-state index in [1.807, 2.05) is 5.94 Å². The van der Waals surface area contributed by atoms with Crippen LogP contribution in [0.1, 0.15) is 19.4 Å². The van der Waals surface area contributed by atoms with Gasteiger partial charge in [-0.1, -0.05) is 13.8 Å². The molecule has 0 atom stereocenters. The lowest BCUT2D eigenvalue weighted by Gasteiger charge is -2.19. The third-order valence-electron chi connectivity index (χ3n) is 2.95. The number of ether oxygens (including phenoxy) is 1. The zero-order chi connectivity index (χ0) is 13.5. The molecule has 0 aliphatic rings. The summed E-state index contributed by atoms with van der Waals surface area (Å²) in [5.74, 6) is 2.66. The maximum Gasteiger partial charge on any atom is 0.130 e. The summed E-state index contributed by atoms with van der Waals surface area (Å²) in [4.78, 5) is 13.3. The van der Waals surface area contributed by atoms with E-state index in [0.29, 0.717) is 23.6 Å². The number of rotatable bonds is 6. The molecule has 1 rings (SSSR count). The van der Waals surface area contributed by atoms with Crippen molar-refractivity contribution in [2.24, 2.45) is 0 Å². The van der Waals surface area contributed by atoms with Crippen LogP contribution in [0.15, 0.2) is 18.2 Å². The number of carbonyl (C=O) groups excluding carboxylic acids is 1. The van der Waals surface area contributed by atoms with Gasteiger partial charge < -0.3 is 10.5 Å². The van der Waals surface area contributed by atoms with Gasteiger partial charge in [-0.3, -0.25) is 4.90 Å². The van der Waals surface area contributed by atoms with E-state index in [4.69, 9.17) is 10.5 Å². The second-order valence-corrected chi connectivity index (χ2v) is 4.00. The van der Waals surface area contributed by atoms with Gasteiger partial charge in [-0.15, -0.1) is 0 Å². The van der Waals surface area contributed by atoms with Crippen LogP contribution < -0.4 is 10.5 Å². The van der Waals surface area contributed by atoms with Gasteiger partial charge in [-0.2, -0.15) is 0 Å². The largest absolute Gasteiger partial charge is 0.496 e. The quantitative estimate of drug-likeness (QED) is 0.616. The molecule has 0 aliphatic heterocycles. The number of hydrogen-bond donors (Lipinski definition) is 1. The van der Waals surface area contributed by atoms with Crippen molar-refractivity contribution in [2.75, 3.05) is 32.5 Å². The van der Waals surface area contributed by atoms with Gasteiger partial charge in [0.2, 0.25) is 0 Å². The number of benzene rings is 1. The van der Waals surface area contributed by atoms with Crippen LogP contribution in [0.4, 0.5) is 5.69 Å². The van der Waals surface area contributed by atoms with Crippen molar-refractivity contribution >= 4 is 17.2 Å². The van der Waals surface area contributed by atoms with Gasteiger partial charge in [0, 0.05) is 17.8 Å². The summed E-state index contributed by atoms with van der Waals surface area (Å²) in [6.07, 6.45) is 0. The highest BCUT2D eigenvalue weighted by atomic mass is 16.5. The van der Waals surface area contributed by atoms with E-state index in [9.17, 15) is 4.79 Å².